The Hall–Kier alpha value is -1.74. The van der Waals surface area contributed by atoms with E-state index in [9.17, 15) is 8.78 Å². The smallest absolute Gasteiger partial charge is 0.126 e. The van der Waals surface area contributed by atoms with Crippen LogP contribution in [0.1, 0.15) is 18.4 Å². The summed E-state index contributed by atoms with van der Waals surface area (Å²) in [5.41, 5.74) is 2.57. The van der Waals surface area contributed by atoms with Crippen LogP contribution in [0.5, 0.6) is 0 Å². The van der Waals surface area contributed by atoms with E-state index in [1.165, 1.54) is 18.2 Å². The van der Waals surface area contributed by atoms with E-state index in [0.717, 1.165) is 36.1 Å². The molecule has 0 radical (unpaired) electrons. The van der Waals surface area contributed by atoms with Gasteiger partial charge in [0.25, 0.3) is 0 Å². The number of halogens is 2. The first-order valence-corrected chi connectivity index (χ1v) is 7.00. The second-order valence-electron chi connectivity index (χ2n) is 5.31. The van der Waals surface area contributed by atoms with E-state index >= 15 is 0 Å². The molecule has 1 unspecified atom stereocenters. The lowest BCUT2D eigenvalue weighted by atomic mass is 9.98. The molecule has 0 spiro atoms. The van der Waals surface area contributed by atoms with Gasteiger partial charge in [-0.05, 0) is 66.8 Å². The highest BCUT2D eigenvalue weighted by molar-refractivity contribution is 5.64. The molecule has 0 aliphatic carbocycles. The van der Waals surface area contributed by atoms with Gasteiger partial charge in [-0.25, -0.2) is 8.78 Å². The minimum atomic E-state index is -0.258. The van der Waals surface area contributed by atoms with E-state index in [0.29, 0.717) is 12.5 Å². The summed E-state index contributed by atoms with van der Waals surface area (Å²) < 4.78 is 26.9. The Morgan fingerprint density at radius 2 is 1.75 bits per heavy atom. The molecule has 0 saturated carbocycles. The lowest BCUT2D eigenvalue weighted by Crippen LogP contribution is -2.24. The Balaban J connectivity index is 1.87. The summed E-state index contributed by atoms with van der Waals surface area (Å²) in [6.45, 7) is 1.02. The molecule has 1 fully saturated rings. The summed E-state index contributed by atoms with van der Waals surface area (Å²) >= 11 is 0. The lowest BCUT2D eigenvalue weighted by molar-refractivity contribution is 0.561. The van der Waals surface area contributed by atoms with Gasteiger partial charge in [0.1, 0.15) is 11.6 Å². The van der Waals surface area contributed by atoms with Crippen molar-refractivity contribution in [1.82, 2.24) is 5.32 Å². The van der Waals surface area contributed by atoms with Gasteiger partial charge in [-0.15, -0.1) is 0 Å². The average Bonchev–Trinajstić information content (AvgIpc) is 2.95. The zero-order valence-electron chi connectivity index (χ0n) is 11.2. The van der Waals surface area contributed by atoms with Crippen LogP contribution in [0.2, 0.25) is 0 Å². The molecule has 0 aromatic heterocycles. The SMILES string of the molecule is Fc1ccc(-c2ccc(F)c(CC3CCCN3)c2)cc1. The van der Waals surface area contributed by atoms with Crippen molar-refractivity contribution in [3.63, 3.8) is 0 Å². The molecule has 104 valence electrons. The van der Waals surface area contributed by atoms with Crippen LogP contribution < -0.4 is 5.32 Å². The highest BCUT2D eigenvalue weighted by Gasteiger charge is 2.16. The summed E-state index contributed by atoms with van der Waals surface area (Å²) in [6, 6.07) is 11.8. The second kappa shape index (κ2) is 5.71. The number of hydrogen-bond acceptors (Lipinski definition) is 1. The Bertz CT molecular complexity index is 586. The van der Waals surface area contributed by atoms with Crippen molar-refractivity contribution in [3.05, 3.63) is 59.7 Å². The zero-order valence-corrected chi connectivity index (χ0v) is 11.2. The number of nitrogens with one attached hydrogen (secondary N) is 1. The molecule has 0 bridgehead atoms. The third-order valence-corrected chi connectivity index (χ3v) is 3.85. The van der Waals surface area contributed by atoms with Crippen LogP contribution in [0.25, 0.3) is 11.1 Å². The lowest BCUT2D eigenvalue weighted by Gasteiger charge is -2.12. The van der Waals surface area contributed by atoms with Crippen LogP contribution in [0.15, 0.2) is 42.5 Å². The Morgan fingerprint density at radius 1 is 1.00 bits per heavy atom. The molecule has 3 heteroatoms. The highest BCUT2D eigenvalue weighted by atomic mass is 19.1. The molecule has 2 aromatic carbocycles. The largest absolute Gasteiger partial charge is 0.314 e. The maximum atomic E-state index is 13.9. The zero-order chi connectivity index (χ0) is 13.9. The fraction of sp³-hybridized carbons (Fsp3) is 0.294. The third-order valence-electron chi connectivity index (χ3n) is 3.85. The monoisotopic (exact) mass is 273 g/mol. The van der Waals surface area contributed by atoms with Crippen LogP contribution >= 0.6 is 0 Å². The van der Waals surface area contributed by atoms with E-state index in [2.05, 4.69) is 5.32 Å². The van der Waals surface area contributed by atoms with E-state index in [4.69, 9.17) is 0 Å². The molecule has 0 amide bonds. The van der Waals surface area contributed by atoms with Crippen LogP contribution in [-0.4, -0.2) is 12.6 Å². The normalized spacial score (nSPS) is 18.4. The minimum absolute atomic E-state index is 0.162. The minimum Gasteiger partial charge on any atom is -0.314 e. The summed E-state index contributed by atoms with van der Waals surface area (Å²) in [7, 11) is 0. The summed E-state index contributed by atoms with van der Waals surface area (Å²) in [4.78, 5) is 0. The Morgan fingerprint density at radius 3 is 2.45 bits per heavy atom. The van der Waals surface area contributed by atoms with Gasteiger partial charge in [-0.3, -0.25) is 0 Å². The standard InChI is InChI=1S/C17H17F2N/c18-15-6-3-12(4-7-15)13-5-8-17(19)14(10-13)11-16-2-1-9-20-16/h3-8,10,16,20H,1-2,9,11H2. The Kier molecular flexibility index (Phi) is 3.79. The molecule has 1 atom stereocenters. The predicted molar refractivity (Wildman–Crippen MR) is 76.5 cm³/mol. The van der Waals surface area contributed by atoms with Gasteiger partial charge in [0.15, 0.2) is 0 Å². The van der Waals surface area contributed by atoms with E-state index in [-0.39, 0.29) is 11.6 Å². The average molecular weight is 273 g/mol. The van der Waals surface area contributed by atoms with Crippen LogP contribution in [0, 0.1) is 11.6 Å². The quantitative estimate of drug-likeness (QED) is 0.893. The first kappa shape index (κ1) is 13.3. The van der Waals surface area contributed by atoms with Crippen LogP contribution in [0.3, 0.4) is 0 Å². The maximum absolute atomic E-state index is 13.9. The molecule has 3 rings (SSSR count). The predicted octanol–water partition coefficient (Wildman–Crippen LogP) is 3.93. The molecule has 1 nitrogen and oxygen atoms in total. The van der Waals surface area contributed by atoms with Crippen molar-refractivity contribution in [2.24, 2.45) is 0 Å². The first-order chi connectivity index (χ1) is 9.72. The molecule has 20 heavy (non-hydrogen) atoms. The van der Waals surface area contributed by atoms with E-state index in [1.54, 1.807) is 18.2 Å². The molecular weight excluding hydrogens is 256 g/mol. The van der Waals surface area contributed by atoms with Gasteiger partial charge < -0.3 is 5.32 Å². The van der Waals surface area contributed by atoms with Crippen molar-refractivity contribution in [1.29, 1.82) is 0 Å². The van der Waals surface area contributed by atoms with Crippen molar-refractivity contribution in [2.75, 3.05) is 6.54 Å². The fourth-order valence-electron chi connectivity index (χ4n) is 2.75. The molecule has 1 heterocycles. The maximum Gasteiger partial charge on any atom is 0.126 e. The molecule has 1 aliphatic heterocycles. The summed E-state index contributed by atoms with van der Waals surface area (Å²) in [6.07, 6.45) is 2.96. The first-order valence-electron chi connectivity index (χ1n) is 7.00. The topological polar surface area (TPSA) is 12.0 Å². The van der Waals surface area contributed by atoms with Gasteiger partial charge in [0.2, 0.25) is 0 Å². The fourth-order valence-corrected chi connectivity index (χ4v) is 2.75. The molecule has 1 N–H and O–H groups in total. The molecule has 1 saturated heterocycles. The Labute approximate surface area is 117 Å². The van der Waals surface area contributed by atoms with Crippen LogP contribution in [-0.2, 0) is 6.42 Å². The van der Waals surface area contributed by atoms with Crippen LogP contribution in [0.4, 0.5) is 8.78 Å². The van der Waals surface area contributed by atoms with Crippen molar-refractivity contribution < 1.29 is 8.78 Å². The van der Waals surface area contributed by atoms with Gasteiger partial charge in [0.05, 0.1) is 0 Å². The molecular formula is C17H17F2N. The second-order valence-corrected chi connectivity index (χ2v) is 5.31. The third kappa shape index (κ3) is 2.88. The van der Waals surface area contributed by atoms with Gasteiger partial charge >= 0.3 is 0 Å². The van der Waals surface area contributed by atoms with E-state index in [1.807, 2.05) is 6.07 Å². The molecule has 2 aromatic rings. The van der Waals surface area contributed by atoms with Crippen molar-refractivity contribution >= 4 is 0 Å². The van der Waals surface area contributed by atoms with Gasteiger partial charge in [-0.1, -0.05) is 18.2 Å². The number of hydrogen-bond donors (Lipinski definition) is 1. The number of benzene rings is 2. The summed E-state index contributed by atoms with van der Waals surface area (Å²) in [5.74, 6) is -0.421. The van der Waals surface area contributed by atoms with Gasteiger partial charge in [-0.2, -0.15) is 0 Å². The summed E-state index contributed by atoms with van der Waals surface area (Å²) in [5, 5.41) is 3.38. The molecule has 1 aliphatic rings. The van der Waals surface area contributed by atoms with Gasteiger partial charge in [0, 0.05) is 6.04 Å². The van der Waals surface area contributed by atoms with Crippen molar-refractivity contribution in [2.45, 2.75) is 25.3 Å². The highest BCUT2D eigenvalue weighted by Crippen LogP contribution is 2.24. The number of rotatable bonds is 3. The van der Waals surface area contributed by atoms with Crippen molar-refractivity contribution in [3.8, 4) is 11.1 Å². The van der Waals surface area contributed by atoms with E-state index < -0.39 is 0 Å².